The van der Waals surface area contributed by atoms with Crippen molar-refractivity contribution in [1.29, 1.82) is 0 Å². The number of rotatable bonds is 33. The van der Waals surface area contributed by atoms with Gasteiger partial charge in [0.1, 0.15) is 36.3 Å². The first-order chi connectivity index (χ1) is 37.1. The molecule has 7 amide bonds. The normalized spacial score (nSPS) is 25.1. The molecular formula is C42H66N11O21P3S2. The SMILES string of the molecule is CC(C)(COP(=O)(O)OP(=O)(O)OC[C@H]1O[C@@H](n2cnc3c(N)ncnc32)C(O)[C@H]1OP(=O)(O)O)[C@@H](O)C(=O)NCCC(=O)NCCS[C@@H]1CC(=O)N(CCCCCC(=O)NCC(=O)CCCC[C@@H]2SC[C@@H]3NC(=O)N[C@@H]32)C1=O. The highest BCUT2D eigenvalue weighted by molar-refractivity contribution is 8.00. The zero-order valence-corrected chi connectivity index (χ0v) is 47.2. The van der Waals surface area contributed by atoms with Gasteiger partial charge in [0, 0.05) is 67.5 Å². The number of imide groups is 1. The van der Waals surface area contributed by atoms with Gasteiger partial charge in [0.15, 0.2) is 23.5 Å². The van der Waals surface area contributed by atoms with Gasteiger partial charge < -0.3 is 66.8 Å². The number of ether oxygens (including phenoxy) is 1. The third-order valence-corrected chi connectivity index (χ3v) is 18.7. The van der Waals surface area contributed by atoms with Crippen molar-refractivity contribution in [2.45, 2.75) is 131 Å². The zero-order valence-electron chi connectivity index (χ0n) is 42.9. The van der Waals surface area contributed by atoms with E-state index in [1.165, 1.54) is 30.5 Å². The van der Waals surface area contributed by atoms with E-state index in [9.17, 15) is 77.0 Å². The largest absolute Gasteiger partial charge is 0.481 e. The maximum absolute atomic E-state index is 13.0. The predicted octanol–water partition coefficient (Wildman–Crippen LogP) is -0.763. The Balaban J connectivity index is 0.799. The van der Waals surface area contributed by atoms with Crippen molar-refractivity contribution < 1.29 is 99.7 Å². The van der Waals surface area contributed by atoms with Crippen LogP contribution in [0, 0.1) is 5.41 Å². The Hall–Kier alpha value is -4.21. The number of nitrogens with zero attached hydrogens (tertiary/aromatic N) is 5. The van der Waals surface area contributed by atoms with E-state index < -0.39 is 89.8 Å². The number of anilines is 1. The molecule has 2 aromatic rings. The van der Waals surface area contributed by atoms with Gasteiger partial charge in [-0.1, -0.05) is 26.7 Å². The van der Waals surface area contributed by atoms with E-state index in [-0.39, 0.29) is 110 Å². The van der Waals surface area contributed by atoms with Crippen LogP contribution in [0.3, 0.4) is 0 Å². The van der Waals surface area contributed by atoms with Crippen LogP contribution in [-0.2, 0) is 65.1 Å². The number of aliphatic hydroxyl groups is 2. The third-order valence-electron chi connectivity index (χ3n) is 12.9. The number of amides is 7. The Morgan fingerprint density at radius 3 is 2.41 bits per heavy atom. The van der Waals surface area contributed by atoms with Crippen molar-refractivity contribution in [1.82, 2.24) is 51.0 Å². The van der Waals surface area contributed by atoms with Gasteiger partial charge in [0.25, 0.3) is 0 Å². The first-order valence-electron chi connectivity index (χ1n) is 25.0. The molecule has 2 aromatic heterocycles. The fraction of sp³-hybridized carbons (Fsp3) is 0.714. The van der Waals surface area contributed by atoms with Crippen molar-refractivity contribution in [2.75, 3.05) is 56.6 Å². The molecule has 0 spiro atoms. The molecule has 0 bridgehead atoms. The molecule has 0 aromatic carbocycles. The highest BCUT2D eigenvalue weighted by atomic mass is 32.2. The van der Waals surface area contributed by atoms with Gasteiger partial charge in [-0.3, -0.25) is 51.8 Å². The Labute approximate surface area is 460 Å². The summed E-state index contributed by atoms with van der Waals surface area (Å²) in [6.45, 7) is 0.374. The quantitative estimate of drug-likeness (QED) is 0.0181. The van der Waals surface area contributed by atoms with Crippen LogP contribution >= 0.6 is 47.0 Å². The summed E-state index contributed by atoms with van der Waals surface area (Å²) in [6, 6.07) is 0.147. The van der Waals surface area contributed by atoms with Crippen LogP contribution in [0.2, 0.25) is 0 Å². The summed E-state index contributed by atoms with van der Waals surface area (Å²) >= 11 is 3.02. The molecule has 11 atom stereocenters. The Morgan fingerprint density at radius 2 is 1.66 bits per heavy atom. The lowest BCUT2D eigenvalue weighted by Crippen LogP contribution is -2.46. The number of thioether (sulfide) groups is 2. The second-order valence-corrected chi connectivity index (χ2v) is 26.3. The number of phosphoric acid groups is 3. The molecule has 4 saturated heterocycles. The number of nitrogens with two attached hydrogens (primary N) is 1. The van der Waals surface area contributed by atoms with Crippen LogP contribution in [0.15, 0.2) is 12.7 Å². The monoisotopic (exact) mass is 1220 g/mol. The molecular weight excluding hydrogens is 1150 g/mol. The van der Waals surface area contributed by atoms with E-state index in [0.29, 0.717) is 37.4 Å². The molecule has 4 aliphatic rings. The van der Waals surface area contributed by atoms with E-state index in [1.807, 2.05) is 11.8 Å². The van der Waals surface area contributed by atoms with Crippen molar-refractivity contribution in [3.05, 3.63) is 12.7 Å². The van der Waals surface area contributed by atoms with Gasteiger partial charge in [-0.25, -0.2) is 33.4 Å². The number of nitrogens with one attached hydrogen (secondary N) is 5. The van der Waals surface area contributed by atoms with Gasteiger partial charge in [0.05, 0.1) is 43.4 Å². The number of ketones is 1. The number of fused-ring (bicyclic) bond motifs is 2. The van der Waals surface area contributed by atoms with Gasteiger partial charge in [0.2, 0.25) is 29.5 Å². The standard InChI is InChI=1S/C42H66N11O21P3S2/c1-42(2,20-71-77(68,69)74-76(66,67)70-18-25-34(73-75(63,64)65)33(58)40(72-25)53-22-49-32-36(43)47-21-48-37(32)53)35(59)38(60)45-12-11-29(56)44-13-15-78-27-16-30(57)52(39(27)61)14-7-3-4-10-28(55)46-17-23(54)8-5-6-9-26-31-24(19-79-26)50-41(62)51-31/h21-22,24-27,31,33-35,40,58-59H,3-20H2,1-2H3,(H,44,56)(H,45,60)(H,46,55)(H,66,67)(H,68,69)(H2,43,47,48)(H2,50,51,62)(H2,63,64,65)/t24-,25+,26-,27+,31-,33?,34-,35-,40+/m0/s1. The first kappa shape index (κ1) is 64.0. The average Bonchev–Trinajstić information content (AvgIpc) is 4.26. The van der Waals surface area contributed by atoms with Crippen molar-refractivity contribution >= 4 is 105 Å². The number of hydrogen-bond donors (Lipinski definition) is 12. The number of aliphatic hydroxyl groups excluding tert-OH is 2. The van der Waals surface area contributed by atoms with E-state index >= 15 is 0 Å². The molecule has 0 radical (unpaired) electrons. The van der Waals surface area contributed by atoms with Crippen LogP contribution in [0.5, 0.6) is 0 Å². The topological polar surface area (TPSA) is 471 Å². The summed E-state index contributed by atoms with van der Waals surface area (Å²) < 4.78 is 62.5. The molecule has 32 nitrogen and oxygen atoms in total. The molecule has 37 heteroatoms. The number of nitrogen functional groups attached to an aromatic ring is 1. The van der Waals surface area contributed by atoms with Gasteiger partial charge in [-0.15, -0.1) is 11.8 Å². The summed E-state index contributed by atoms with van der Waals surface area (Å²) in [6.07, 6.45) is -2.61. The summed E-state index contributed by atoms with van der Waals surface area (Å²) in [4.78, 5) is 139. The number of carbonyl (C=O) groups excluding carboxylic acids is 7. The molecule has 0 saturated carbocycles. The lowest BCUT2D eigenvalue weighted by molar-refractivity contribution is -0.139. The maximum Gasteiger partial charge on any atom is 0.481 e. The van der Waals surface area contributed by atoms with Crippen molar-refractivity contribution in [3.8, 4) is 0 Å². The summed E-state index contributed by atoms with van der Waals surface area (Å²) in [7, 11) is -16.5. The van der Waals surface area contributed by atoms with E-state index in [4.69, 9.17) is 19.5 Å². The van der Waals surface area contributed by atoms with E-state index in [0.717, 1.165) is 35.8 Å². The molecule has 3 unspecified atom stereocenters. The van der Waals surface area contributed by atoms with Crippen LogP contribution in [0.25, 0.3) is 11.2 Å². The lowest BCUT2D eigenvalue weighted by Gasteiger charge is -2.30. The number of urea groups is 1. The van der Waals surface area contributed by atoms with Crippen LogP contribution in [0.1, 0.15) is 84.3 Å². The number of Topliss-reactive ketones (excluding diaryl/α,β-unsaturated/α-hetero) is 1. The number of phosphoric ester groups is 3. The minimum atomic E-state index is -5.62. The molecule has 4 aliphatic heterocycles. The first-order valence-corrected chi connectivity index (χ1v) is 31.6. The molecule has 4 fully saturated rings. The molecule has 6 rings (SSSR count). The van der Waals surface area contributed by atoms with E-state index in [1.54, 1.807) is 0 Å². The number of likely N-dealkylation sites (tertiary alicyclic amines) is 1. The number of unbranched alkanes of at least 4 members (excludes halogenated alkanes) is 3. The highest BCUT2D eigenvalue weighted by Gasteiger charge is 2.51. The fourth-order valence-electron chi connectivity index (χ4n) is 8.77. The second-order valence-electron chi connectivity index (χ2n) is 19.5. The summed E-state index contributed by atoms with van der Waals surface area (Å²) in [5.41, 5.74) is 4.19. The molecule has 442 valence electrons. The van der Waals surface area contributed by atoms with Gasteiger partial charge in [-0.05, 0) is 25.7 Å². The Kier molecular flexibility index (Phi) is 22.8. The summed E-state index contributed by atoms with van der Waals surface area (Å²) in [5.74, 6) is -1.41. The van der Waals surface area contributed by atoms with Gasteiger partial charge >= 0.3 is 29.5 Å². The molecule has 6 heterocycles. The maximum atomic E-state index is 13.0. The molecule has 13 N–H and O–H groups in total. The summed E-state index contributed by atoms with van der Waals surface area (Å²) in [5, 5.41) is 34.8. The minimum absolute atomic E-state index is 0.00795. The number of aromatic nitrogens is 4. The number of carbonyl (C=O) groups is 7. The third kappa shape index (κ3) is 18.7. The zero-order chi connectivity index (χ0) is 57.9. The van der Waals surface area contributed by atoms with Gasteiger partial charge in [-0.2, -0.15) is 16.1 Å². The average molecular weight is 1220 g/mol. The smallest absolute Gasteiger partial charge is 0.386 e. The number of imidazole rings is 1. The highest BCUT2D eigenvalue weighted by Crippen LogP contribution is 2.61. The fourth-order valence-corrected chi connectivity index (χ4v) is 14.2. The van der Waals surface area contributed by atoms with Crippen LogP contribution in [-0.4, -0.2) is 193 Å². The Morgan fingerprint density at radius 1 is 0.937 bits per heavy atom. The molecule has 79 heavy (non-hydrogen) atoms. The predicted molar refractivity (Wildman–Crippen MR) is 278 cm³/mol. The van der Waals surface area contributed by atoms with E-state index in [2.05, 4.69) is 50.4 Å². The van der Waals surface area contributed by atoms with Crippen LogP contribution in [0.4, 0.5) is 10.6 Å². The van der Waals surface area contributed by atoms with Crippen molar-refractivity contribution in [2.24, 2.45) is 5.41 Å². The van der Waals surface area contributed by atoms with Crippen LogP contribution < -0.4 is 32.3 Å². The second kappa shape index (κ2) is 28.2. The Bertz CT molecular complexity index is 2690. The molecule has 0 aliphatic carbocycles. The minimum Gasteiger partial charge on any atom is -0.386 e. The van der Waals surface area contributed by atoms with Crippen molar-refractivity contribution in [3.63, 3.8) is 0 Å². The number of hydrogen-bond acceptors (Lipinski definition) is 23. The lowest BCUT2D eigenvalue weighted by atomic mass is 9.87.